The molecule has 0 aliphatic heterocycles. The molecule has 1 unspecified atom stereocenters. The summed E-state index contributed by atoms with van der Waals surface area (Å²) in [6, 6.07) is 8.45. The molecule has 1 aromatic carbocycles. The van der Waals surface area contributed by atoms with E-state index in [1.807, 2.05) is 18.2 Å². The van der Waals surface area contributed by atoms with E-state index in [0.717, 1.165) is 18.7 Å². The molecule has 0 saturated heterocycles. The average molecular weight is 281 g/mol. The number of hydrogen-bond acceptors (Lipinski definition) is 4. The molecule has 20 heavy (non-hydrogen) atoms. The molecule has 0 aliphatic rings. The van der Waals surface area contributed by atoms with Crippen LogP contribution in [-0.2, 0) is 9.47 Å². The van der Waals surface area contributed by atoms with Gasteiger partial charge in [0.2, 0.25) is 0 Å². The molecule has 1 rings (SSSR count). The zero-order valence-electron chi connectivity index (χ0n) is 12.9. The minimum absolute atomic E-state index is 0.292. The fourth-order valence-electron chi connectivity index (χ4n) is 1.90. The Balaban J connectivity index is 2.40. The topological polar surface area (TPSA) is 39.7 Å². The summed E-state index contributed by atoms with van der Waals surface area (Å²) in [5.74, 6) is 0.930. The maximum Gasteiger partial charge on any atom is 0.124 e. The van der Waals surface area contributed by atoms with Gasteiger partial charge >= 0.3 is 0 Å². The smallest absolute Gasteiger partial charge is 0.124 e. The molecule has 0 radical (unpaired) electrons. The van der Waals surface area contributed by atoms with E-state index in [1.54, 1.807) is 7.11 Å². The highest BCUT2D eigenvalue weighted by Gasteiger charge is 2.10. The fourth-order valence-corrected chi connectivity index (χ4v) is 1.90. The Morgan fingerprint density at radius 3 is 2.60 bits per heavy atom. The molecule has 0 fully saturated rings. The van der Waals surface area contributed by atoms with Crippen molar-refractivity contribution in [2.75, 3.05) is 40.1 Å². The Kier molecular flexibility index (Phi) is 9.04. The first-order valence-corrected chi connectivity index (χ1v) is 7.31. The van der Waals surface area contributed by atoms with E-state index in [0.29, 0.717) is 32.5 Å². The summed E-state index contributed by atoms with van der Waals surface area (Å²) < 4.78 is 16.1. The van der Waals surface area contributed by atoms with Gasteiger partial charge in [0.15, 0.2) is 0 Å². The molecule has 0 aromatic heterocycles. The molecule has 114 valence electrons. The van der Waals surface area contributed by atoms with E-state index >= 15 is 0 Å². The molecule has 0 bridgehead atoms. The average Bonchev–Trinajstić information content (AvgIpc) is 2.48. The third-order valence-corrected chi connectivity index (χ3v) is 3.00. The lowest BCUT2D eigenvalue weighted by molar-refractivity contribution is 0.0542. The maximum absolute atomic E-state index is 5.81. The van der Waals surface area contributed by atoms with Gasteiger partial charge in [0.25, 0.3) is 0 Å². The number of para-hydroxylation sites is 1. The van der Waals surface area contributed by atoms with Crippen molar-refractivity contribution in [2.45, 2.75) is 26.3 Å². The van der Waals surface area contributed by atoms with E-state index < -0.39 is 0 Å². The normalized spacial score (nSPS) is 12.3. The van der Waals surface area contributed by atoms with E-state index in [-0.39, 0.29) is 0 Å². The SMILES string of the molecule is CCCNC(C)c1ccccc1OCCOCCOC. The van der Waals surface area contributed by atoms with Crippen LogP contribution in [0.5, 0.6) is 5.75 Å². The lowest BCUT2D eigenvalue weighted by Gasteiger charge is -2.18. The Hall–Kier alpha value is -1.10. The van der Waals surface area contributed by atoms with Gasteiger partial charge < -0.3 is 19.5 Å². The molecule has 1 N–H and O–H groups in total. The highest BCUT2D eigenvalue weighted by molar-refractivity contribution is 5.35. The summed E-state index contributed by atoms with van der Waals surface area (Å²) in [5.41, 5.74) is 1.19. The maximum atomic E-state index is 5.81. The molecule has 4 heteroatoms. The summed E-state index contributed by atoms with van der Waals surface area (Å²) in [5, 5.41) is 3.48. The summed E-state index contributed by atoms with van der Waals surface area (Å²) in [7, 11) is 1.67. The van der Waals surface area contributed by atoms with Crippen LogP contribution in [0.1, 0.15) is 31.9 Å². The molecular weight excluding hydrogens is 254 g/mol. The van der Waals surface area contributed by atoms with Crippen molar-refractivity contribution < 1.29 is 14.2 Å². The number of methoxy groups -OCH3 is 1. The lowest BCUT2D eigenvalue weighted by Crippen LogP contribution is -2.20. The second kappa shape index (κ2) is 10.7. The van der Waals surface area contributed by atoms with E-state index in [9.17, 15) is 0 Å². The molecule has 4 nitrogen and oxygen atoms in total. The first-order chi connectivity index (χ1) is 9.79. The first kappa shape index (κ1) is 17.0. The highest BCUT2D eigenvalue weighted by atomic mass is 16.5. The van der Waals surface area contributed by atoms with Crippen LogP contribution in [0, 0.1) is 0 Å². The van der Waals surface area contributed by atoms with E-state index in [2.05, 4.69) is 25.2 Å². The third kappa shape index (κ3) is 6.37. The van der Waals surface area contributed by atoms with Crippen molar-refractivity contribution in [3.8, 4) is 5.75 Å². The second-order valence-electron chi connectivity index (χ2n) is 4.67. The monoisotopic (exact) mass is 281 g/mol. The van der Waals surface area contributed by atoms with Crippen LogP contribution in [0.2, 0.25) is 0 Å². The van der Waals surface area contributed by atoms with Crippen molar-refractivity contribution in [1.82, 2.24) is 5.32 Å². The van der Waals surface area contributed by atoms with Gasteiger partial charge in [-0.15, -0.1) is 0 Å². The largest absolute Gasteiger partial charge is 0.491 e. The van der Waals surface area contributed by atoms with Gasteiger partial charge in [-0.1, -0.05) is 25.1 Å². The Morgan fingerprint density at radius 2 is 1.85 bits per heavy atom. The Labute approximate surface area is 122 Å². The van der Waals surface area contributed by atoms with Gasteiger partial charge in [-0.2, -0.15) is 0 Å². The fraction of sp³-hybridized carbons (Fsp3) is 0.625. The first-order valence-electron chi connectivity index (χ1n) is 7.31. The summed E-state index contributed by atoms with van der Waals surface area (Å²) >= 11 is 0. The van der Waals surface area contributed by atoms with Crippen molar-refractivity contribution in [1.29, 1.82) is 0 Å². The molecular formula is C16H27NO3. The number of hydrogen-bond donors (Lipinski definition) is 1. The van der Waals surface area contributed by atoms with Crippen LogP contribution in [0.15, 0.2) is 24.3 Å². The van der Waals surface area contributed by atoms with E-state index in [4.69, 9.17) is 14.2 Å². The van der Waals surface area contributed by atoms with Gasteiger partial charge in [-0.05, 0) is 26.0 Å². The van der Waals surface area contributed by atoms with Gasteiger partial charge in [0, 0.05) is 18.7 Å². The predicted molar refractivity (Wildman–Crippen MR) is 81.3 cm³/mol. The second-order valence-corrected chi connectivity index (χ2v) is 4.67. The quantitative estimate of drug-likeness (QED) is 0.633. The zero-order chi connectivity index (χ0) is 14.6. The van der Waals surface area contributed by atoms with Gasteiger partial charge in [-0.3, -0.25) is 0 Å². The number of benzene rings is 1. The molecule has 0 saturated carbocycles. The van der Waals surface area contributed by atoms with Crippen molar-refractivity contribution in [3.63, 3.8) is 0 Å². The highest BCUT2D eigenvalue weighted by Crippen LogP contribution is 2.24. The zero-order valence-corrected chi connectivity index (χ0v) is 12.9. The Morgan fingerprint density at radius 1 is 1.10 bits per heavy atom. The molecule has 1 aromatic rings. The van der Waals surface area contributed by atoms with Gasteiger partial charge in [0.05, 0.1) is 19.8 Å². The van der Waals surface area contributed by atoms with Crippen LogP contribution in [0.3, 0.4) is 0 Å². The van der Waals surface area contributed by atoms with E-state index in [1.165, 1.54) is 5.56 Å². The summed E-state index contributed by atoms with van der Waals surface area (Å²) in [6.07, 6.45) is 1.13. The number of nitrogens with one attached hydrogen (secondary N) is 1. The summed E-state index contributed by atoms with van der Waals surface area (Å²) in [4.78, 5) is 0. The predicted octanol–water partition coefficient (Wildman–Crippen LogP) is 2.79. The van der Waals surface area contributed by atoms with Crippen molar-refractivity contribution >= 4 is 0 Å². The van der Waals surface area contributed by atoms with Crippen molar-refractivity contribution in [2.24, 2.45) is 0 Å². The number of ether oxygens (including phenoxy) is 3. The molecule has 0 amide bonds. The van der Waals surface area contributed by atoms with Crippen LogP contribution in [0.25, 0.3) is 0 Å². The van der Waals surface area contributed by atoms with Crippen LogP contribution >= 0.6 is 0 Å². The van der Waals surface area contributed by atoms with Crippen LogP contribution < -0.4 is 10.1 Å². The molecule has 0 heterocycles. The molecule has 0 aliphatic carbocycles. The molecule has 0 spiro atoms. The minimum Gasteiger partial charge on any atom is -0.491 e. The van der Waals surface area contributed by atoms with Crippen LogP contribution in [0.4, 0.5) is 0 Å². The minimum atomic E-state index is 0.292. The summed E-state index contributed by atoms with van der Waals surface area (Å²) in [6.45, 7) is 7.70. The van der Waals surface area contributed by atoms with Gasteiger partial charge in [0.1, 0.15) is 12.4 Å². The Bertz CT molecular complexity index is 357. The number of rotatable bonds is 11. The van der Waals surface area contributed by atoms with Gasteiger partial charge in [-0.25, -0.2) is 0 Å². The van der Waals surface area contributed by atoms with Crippen molar-refractivity contribution in [3.05, 3.63) is 29.8 Å². The lowest BCUT2D eigenvalue weighted by atomic mass is 10.1. The van der Waals surface area contributed by atoms with Crippen LogP contribution in [-0.4, -0.2) is 40.1 Å². The standard InChI is InChI=1S/C16H27NO3/c1-4-9-17-14(2)15-7-5-6-8-16(15)20-13-12-19-11-10-18-3/h5-8,14,17H,4,9-13H2,1-3H3. The third-order valence-electron chi connectivity index (χ3n) is 3.00. The molecule has 1 atom stereocenters.